The molecule has 0 bridgehead atoms. The minimum absolute atomic E-state index is 0.242. The lowest BCUT2D eigenvalue weighted by Crippen LogP contribution is -2.16. The zero-order valence-corrected chi connectivity index (χ0v) is 17.5. The summed E-state index contributed by atoms with van der Waals surface area (Å²) in [5.74, 6) is 1.28. The number of benzene rings is 1. The third kappa shape index (κ3) is 4.46. The minimum atomic E-state index is 0.242. The summed E-state index contributed by atoms with van der Waals surface area (Å²) in [7, 11) is 0. The zero-order valence-electron chi connectivity index (χ0n) is 17.5. The van der Waals surface area contributed by atoms with Gasteiger partial charge in [-0.05, 0) is 24.8 Å². The Bertz CT molecular complexity index is 883. The molecule has 3 aromatic rings. The van der Waals surface area contributed by atoms with Crippen LogP contribution in [0.3, 0.4) is 0 Å². The van der Waals surface area contributed by atoms with Gasteiger partial charge in [-0.15, -0.1) is 0 Å². The smallest absolute Gasteiger partial charge is 0.152 e. The molecule has 2 aromatic heterocycles. The van der Waals surface area contributed by atoms with Crippen LogP contribution in [0.1, 0.15) is 65.3 Å². The minimum Gasteiger partial charge on any atom is -0.382 e. The molecule has 0 aliphatic heterocycles. The lowest BCUT2D eigenvalue weighted by atomic mass is 9.95. The first-order valence-electron chi connectivity index (χ1n) is 10.8. The average Bonchev–Trinajstić information content (AvgIpc) is 3.14. The number of nitrogen functional groups attached to an aromatic ring is 1. The molecule has 2 N–H and O–H groups in total. The molecule has 0 radical (unpaired) electrons. The number of imidazole rings is 1. The van der Waals surface area contributed by atoms with Gasteiger partial charge in [0, 0.05) is 12.0 Å². The van der Waals surface area contributed by atoms with E-state index in [0.717, 1.165) is 47.3 Å². The van der Waals surface area contributed by atoms with Crippen LogP contribution in [0.5, 0.6) is 0 Å². The SMILES string of the molecule is CCCC(CCC)CCOCC(CC)n1cnc2c(N)nc3ccccc3c21. The molecule has 0 fully saturated rings. The number of nitrogens with zero attached hydrogens (tertiary/aromatic N) is 3. The summed E-state index contributed by atoms with van der Waals surface area (Å²) in [6.07, 6.45) is 9.15. The Balaban J connectivity index is 1.75. The highest BCUT2D eigenvalue weighted by atomic mass is 16.5. The quantitative estimate of drug-likeness (QED) is 0.429. The van der Waals surface area contributed by atoms with E-state index in [1.54, 1.807) is 0 Å². The van der Waals surface area contributed by atoms with Crippen molar-refractivity contribution in [3.05, 3.63) is 30.6 Å². The number of anilines is 1. The first kappa shape index (κ1) is 20.6. The highest BCUT2D eigenvalue weighted by Crippen LogP contribution is 2.30. The second kappa shape index (κ2) is 9.87. The molecule has 0 saturated carbocycles. The second-order valence-electron chi connectivity index (χ2n) is 7.73. The van der Waals surface area contributed by atoms with E-state index in [9.17, 15) is 0 Å². The fraction of sp³-hybridized carbons (Fsp3) is 0.565. The lowest BCUT2D eigenvalue weighted by Gasteiger charge is -2.20. The van der Waals surface area contributed by atoms with Gasteiger partial charge in [-0.1, -0.05) is 64.7 Å². The van der Waals surface area contributed by atoms with Crippen LogP contribution in [0.4, 0.5) is 5.82 Å². The fourth-order valence-corrected chi connectivity index (χ4v) is 4.16. The van der Waals surface area contributed by atoms with E-state index in [4.69, 9.17) is 10.5 Å². The van der Waals surface area contributed by atoms with Gasteiger partial charge in [0.25, 0.3) is 0 Å². The van der Waals surface area contributed by atoms with Gasteiger partial charge in [0.05, 0.1) is 30.0 Å². The van der Waals surface area contributed by atoms with Gasteiger partial charge in [0.15, 0.2) is 5.82 Å². The fourth-order valence-electron chi connectivity index (χ4n) is 4.16. The molecule has 1 aromatic carbocycles. The van der Waals surface area contributed by atoms with E-state index in [-0.39, 0.29) is 6.04 Å². The van der Waals surface area contributed by atoms with Crippen molar-refractivity contribution in [1.29, 1.82) is 0 Å². The maximum atomic E-state index is 6.17. The number of ether oxygens (including phenoxy) is 1. The summed E-state index contributed by atoms with van der Waals surface area (Å²) < 4.78 is 8.36. The van der Waals surface area contributed by atoms with Crippen LogP contribution in [0, 0.1) is 5.92 Å². The molecule has 0 spiro atoms. The van der Waals surface area contributed by atoms with E-state index < -0.39 is 0 Å². The Morgan fingerprint density at radius 2 is 1.82 bits per heavy atom. The molecule has 5 nitrogen and oxygen atoms in total. The lowest BCUT2D eigenvalue weighted by molar-refractivity contribution is 0.0889. The highest BCUT2D eigenvalue weighted by Gasteiger charge is 2.17. The van der Waals surface area contributed by atoms with Crippen molar-refractivity contribution in [2.75, 3.05) is 18.9 Å². The summed E-state index contributed by atoms with van der Waals surface area (Å²) in [4.78, 5) is 9.06. The number of hydrogen-bond donors (Lipinski definition) is 1. The highest BCUT2D eigenvalue weighted by molar-refractivity contribution is 6.06. The molecule has 0 saturated heterocycles. The van der Waals surface area contributed by atoms with Crippen molar-refractivity contribution >= 4 is 27.8 Å². The Morgan fingerprint density at radius 1 is 1.07 bits per heavy atom. The standard InChI is InChI=1S/C23H34N4O/c1-4-9-17(10-5-2)13-14-28-15-18(6-3)27-16-25-21-22(27)19-11-7-8-12-20(19)26-23(21)24/h7-8,11-12,16-18H,4-6,9-10,13-15H2,1-3H3,(H2,24,26). The van der Waals surface area contributed by atoms with Gasteiger partial charge < -0.3 is 15.0 Å². The third-order valence-electron chi connectivity index (χ3n) is 5.68. The normalized spacial score (nSPS) is 13.0. The van der Waals surface area contributed by atoms with E-state index in [0.29, 0.717) is 12.4 Å². The van der Waals surface area contributed by atoms with Crippen molar-refractivity contribution < 1.29 is 4.74 Å². The van der Waals surface area contributed by atoms with Crippen LogP contribution in [0.25, 0.3) is 21.9 Å². The number of nitrogens with two attached hydrogens (primary N) is 1. The zero-order chi connectivity index (χ0) is 19.9. The number of rotatable bonds is 11. The first-order valence-corrected chi connectivity index (χ1v) is 10.8. The molecule has 152 valence electrons. The molecule has 0 aliphatic rings. The first-order chi connectivity index (χ1) is 13.7. The number of fused-ring (bicyclic) bond motifs is 3. The van der Waals surface area contributed by atoms with E-state index in [2.05, 4.69) is 41.4 Å². The van der Waals surface area contributed by atoms with E-state index in [1.165, 1.54) is 25.7 Å². The molecule has 1 atom stereocenters. The molecule has 0 aliphatic carbocycles. The maximum absolute atomic E-state index is 6.17. The van der Waals surface area contributed by atoms with Crippen LogP contribution in [-0.2, 0) is 4.74 Å². The third-order valence-corrected chi connectivity index (χ3v) is 5.68. The van der Waals surface area contributed by atoms with Crippen molar-refractivity contribution in [3.8, 4) is 0 Å². The van der Waals surface area contributed by atoms with Gasteiger partial charge >= 0.3 is 0 Å². The number of hydrogen-bond acceptors (Lipinski definition) is 4. The van der Waals surface area contributed by atoms with Gasteiger partial charge in [0.1, 0.15) is 5.52 Å². The maximum Gasteiger partial charge on any atom is 0.152 e. The van der Waals surface area contributed by atoms with Crippen molar-refractivity contribution in [2.45, 2.75) is 65.3 Å². The van der Waals surface area contributed by atoms with Crippen molar-refractivity contribution in [3.63, 3.8) is 0 Å². The molecule has 5 heteroatoms. The average molecular weight is 383 g/mol. The summed E-state index contributed by atoms with van der Waals surface area (Å²) in [6.45, 7) is 8.27. The topological polar surface area (TPSA) is 66.0 Å². The molecular formula is C23H34N4O. The van der Waals surface area contributed by atoms with E-state index in [1.807, 2.05) is 24.5 Å². The van der Waals surface area contributed by atoms with Crippen molar-refractivity contribution in [2.24, 2.45) is 5.92 Å². The summed E-state index contributed by atoms with van der Waals surface area (Å²) in [5, 5.41) is 1.09. The Kier molecular flexibility index (Phi) is 7.26. The summed E-state index contributed by atoms with van der Waals surface area (Å²) in [6, 6.07) is 8.36. The Labute approximate surface area is 168 Å². The Hall–Kier alpha value is -2.14. The Morgan fingerprint density at radius 3 is 2.54 bits per heavy atom. The summed E-state index contributed by atoms with van der Waals surface area (Å²) in [5.41, 5.74) is 8.92. The van der Waals surface area contributed by atoms with Crippen LogP contribution in [0.15, 0.2) is 30.6 Å². The van der Waals surface area contributed by atoms with Gasteiger partial charge in [-0.25, -0.2) is 9.97 Å². The molecule has 2 heterocycles. The van der Waals surface area contributed by atoms with Gasteiger partial charge in [0.2, 0.25) is 0 Å². The van der Waals surface area contributed by atoms with Gasteiger partial charge in [-0.3, -0.25) is 0 Å². The predicted molar refractivity (Wildman–Crippen MR) is 118 cm³/mol. The van der Waals surface area contributed by atoms with E-state index >= 15 is 0 Å². The second-order valence-corrected chi connectivity index (χ2v) is 7.73. The van der Waals surface area contributed by atoms with Gasteiger partial charge in [-0.2, -0.15) is 0 Å². The van der Waals surface area contributed by atoms with Crippen LogP contribution in [-0.4, -0.2) is 27.7 Å². The molecule has 1 unspecified atom stereocenters. The largest absolute Gasteiger partial charge is 0.382 e. The van der Waals surface area contributed by atoms with Crippen LogP contribution >= 0.6 is 0 Å². The molecule has 0 amide bonds. The summed E-state index contributed by atoms with van der Waals surface area (Å²) >= 11 is 0. The van der Waals surface area contributed by atoms with Crippen LogP contribution in [0.2, 0.25) is 0 Å². The molecular weight excluding hydrogens is 348 g/mol. The number of para-hydroxylation sites is 1. The monoisotopic (exact) mass is 382 g/mol. The van der Waals surface area contributed by atoms with Crippen LogP contribution < -0.4 is 5.73 Å². The molecule has 3 rings (SSSR count). The molecule has 28 heavy (non-hydrogen) atoms. The van der Waals surface area contributed by atoms with Crippen molar-refractivity contribution in [1.82, 2.24) is 14.5 Å². The number of aromatic nitrogens is 3. The number of pyridine rings is 1. The predicted octanol–water partition coefficient (Wildman–Crippen LogP) is 5.74.